The Labute approximate surface area is 172 Å². The average molecular weight is 424 g/mol. The highest BCUT2D eigenvalue weighted by molar-refractivity contribution is 7.89. The van der Waals surface area contributed by atoms with Crippen LogP contribution in [0.5, 0.6) is 5.75 Å². The molecule has 0 radical (unpaired) electrons. The highest BCUT2D eigenvalue weighted by Gasteiger charge is 2.23. The number of urea groups is 1. The first-order valence-electron chi connectivity index (χ1n) is 9.38. The number of methoxy groups -OCH3 is 1. The predicted molar refractivity (Wildman–Crippen MR) is 111 cm³/mol. The van der Waals surface area contributed by atoms with Gasteiger partial charge in [-0.1, -0.05) is 18.2 Å². The van der Waals surface area contributed by atoms with Crippen LogP contribution in [-0.4, -0.2) is 61.3 Å². The van der Waals surface area contributed by atoms with Crippen LogP contribution in [0.4, 0.5) is 4.79 Å². The number of aryl methyl sites for hydroxylation is 1. The average Bonchev–Trinajstić information content (AvgIpc) is 3.14. The van der Waals surface area contributed by atoms with Crippen LogP contribution in [0.25, 0.3) is 0 Å². The number of hydrogen-bond donors (Lipinski definition) is 2. The lowest BCUT2D eigenvalue weighted by Gasteiger charge is -2.21. The van der Waals surface area contributed by atoms with Crippen molar-refractivity contribution in [1.82, 2.24) is 24.5 Å². The largest absolute Gasteiger partial charge is 0.496 e. The Hall–Kier alpha value is -2.59. The summed E-state index contributed by atoms with van der Waals surface area (Å²) >= 11 is 0. The van der Waals surface area contributed by atoms with E-state index in [1.807, 2.05) is 35.9 Å². The Kier molecular flexibility index (Phi) is 8.03. The number of nitrogens with zero attached hydrogens (tertiary/aromatic N) is 3. The molecule has 0 bridgehead atoms. The molecule has 0 aliphatic rings. The summed E-state index contributed by atoms with van der Waals surface area (Å²) in [5.41, 5.74) is 0.785. The fourth-order valence-electron chi connectivity index (χ4n) is 2.89. The van der Waals surface area contributed by atoms with Gasteiger partial charge in [-0.2, -0.15) is 0 Å². The summed E-state index contributed by atoms with van der Waals surface area (Å²) in [4.78, 5) is 16.9. The quantitative estimate of drug-likeness (QED) is 0.563. The summed E-state index contributed by atoms with van der Waals surface area (Å²) in [6.07, 6.45) is 3.98. The van der Waals surface area contributed by atoms with E-state index in [-0.39, 0.29) is 11.8 Å². The summed E-state index contributed by atoms with van der Waals surface area (Å²) in [6, 6.07) is 6.56. The molecule has 160 valence electrons. The molecule has 0 aliphatic heterocycles. The van der Waals surface area contributed by atoms with Gasteiger partial charge >= 0.3 is 6.03 Å². The number of aromatic nitrogens is 2. The van der Waals surface area contributed by atoms with Gasteiger partial charge in [-0.3, -0.25) is 0 Å². The Morgan fingerprint density at radius 1 is 1.34 bits per heavy atom. The molecule has 0 saturated carbocycles. The van der Waals surface area contributed by atoms with E-state index in [1.54, 1.807) is 26.4 Å². The maximum atomic E-state index is 12.5. The van der Waals surface area contributed by atoms with E-state index in [9.17, 15) is 13.2 Å². The van der Waals surface area contributed by atoms with Gasteiger partial charge in [-0.05, 0) is 19.4 Å². The summed E-state index contributed by atoms with van der Waals surface area (Å²) < 4.78 is 32.1. The molecule has 29 heavy (non-hydrogen) atoms. The second kappa shape index (κ2) is 10.3. The summed E-state index contributed by atoms with van der Waals surface area (Å²) in [7, 11) is 1.76. The molecule has 1 heterocycles. The third-order valence-electron chi connectivity index (χ3n) is 4.62. The number of carbonyl (C=O) groups excluding carboxylic acids is 1. The third kappa shape index (κ3) is 5.94. The lowest BCUT2D eigenvalue weighted by molar-refractivity contribution is 0.237. The molecule has 0 aliphatic carbocycles. The van der Waals surface area contributed by atoms with Gasteiger partial charge in [0.05, 0.1) is 12.9 Å². The van der Waals surface area contributed by atoms with Gasteiger partial charge in [-0.15, -0.1) is 0 Å². The van der Waals surface area contributed by atoms with Gasteiger partial charge in [-0.25, -0.2) is 22.5 Å². The Balaban J connectivity index is 2.03. The molecule has 2 N–H and O–H groups in total. The van der Waals surface area contributed by atoms with Gasteiger partial charge < -0.3 is 19.9 Å². The molecule has 2 aromatic rings. The maximum Gasteiger partial charge on any atom is 0.315 e. The van der Waals surface area contributed by atoms with E-state index in [2.05, 4.69) is 15.6 Å². The first kappa shape index (κ1) is 22.7. The van der Waals surface area contributed by atoms with Crippen LogP contribution in [0.1, 0.15) is 30.8 Å². The van der Waals surface area contributed by atoms with Crippen molar-refractivity contribution in [2.45, 2.75) is 19.4 Å². The van der Waals surface area contributed by atoms with E-state index in [0.717, 1.165) is 5.56 Å². The van der Waals surface area contributed by atoms with Crippen LogP contribution in [0.2, 0.25) is 0 Å². The van der Waals surface area contributed by atoms with Crippen molar-refractivity contribution >= 4 is 16.1 Å². The van der Waals surface area contributed by atoms with E-state index in [4.69, 9.17) is 4.74 Å². The number of para-hydroxylation sites is 1. The van der Waals surface area contributed by atoms with Crippen molar-refractivity contribution in [2.75, 3.05) is 33.0 Å². The maximum absolute atomic E-state index is 12.5. The number of ether oxygens (including phenoxy) is 1. The zero-order chi connectivity index (χ0) is 21.4. The molecule has 1 atom stereocenters. The van der Waals surface area contributed by atoms with E-state index in [1.165, 1.54) is 11.4 Å². The highest BCUT2D eigenvalue weighted by atomic mass is 32.2. The molecule has 0 fully saturated rings. The Morgan fingerprint density at radius 3 is 2.69 bits per heavy atom. The molecular formula is C19H29N5O4S. The van der Waals surface area contributed by atoms with Crippen LogP contribution >= 0.6 is 0 Å². The van der Waals surface area contributed by atoms with Crippen molar-refractivity contribution in [3.05, 3.63) is 48.0 Å². The van der Waals surface area contributed by atoms with E-state index < -0.39 is 16.1 Å². The number of rotatable bonds is 10. The summed E-state index contributed by atoms with van der Waals surface area (Å²) in [5.74, 6) is 1.37. The summed E-state index contributed by atoms with van der Waals surface area (Å²) in [5, 5.41) is 5.71. The monoisotopic (exact) mass is 423 g/mol. The van der Waals surface area contributed by atoms with Crippen molar-refractivity contribution < 1.29 is 17.9 Å². The van der Waals surface area contributed by atoms with Crippen molar-refractivity contribution in [3.63, 3.8) is 0 Å². The number of nitrogens with one attached hydrogen (secondary N) is 2. The molecule has 9 nitrogen and oxygen atoms in total. The summed E-state index contributed by atoms with van der Waals surface area (Å²) in [6.45, 7) is 2.29. The van der Waals surface area contributed by atoms with E-state index in [0.29, 0.717) is 31.1 Å². The fourth-order valence-corrected chi connectivity index (χ4v) is 3.73. The molecule has 2 amide bonds. The fraction of sp³-hybridized carbons (Fsp3) is 0.474. The number of carbonyl (C=O) groups is 1. The first-order valence-corrected chi connectivity index (χ1v) is 11.0. The van der Waals surface area contributed by atoms with Crippen LogP contribution in [0, 0.1) is 0 Å². The number of hydrogen-bond acceptors (Lipinski definition) is 5. The molecule has 0 spiro atoms. The minimum absolute atomic E-state index is 0.0572. The molecule has 10 heteroatoms. The lowest BCUT2D eigenvalue weighted by atomic mass is 10.0. The lowest BCUT2D eigenvalue weighted by Crippen LogP contribution is -2.40. The zero-order valence-corrected chi connectivity index (χ0v) is 18.1. The van der Waals surface area contributed by atoms with Gasteiger partial charge in [0.25, 0.3) is 0 Å². The third-order valence-corrected chi connectivity index (χ3v) is 6.48. The Bertz CT molecular complexity index is 913. The number of benzene rings is 1. The predicted octanol–water partition coefficient (Wildman–Crippen LogP) is 1.49. The van der Waals surface area contributed by atoms with Gasteiger partial charge in [0.1, 0.15) is 17.6 Å². The standard InChI is InChI=1S/C19H29N5O4S/c1-5-29(26,27)24(3)13-8-11-21-19(25)22-17(18-20-12-14-23(18)2)15-9-6-7-10-16(15)28-4/h6-7,9-10,12,14,17H,5,8,11,13H2,1-4H3,(H2,21,22,25)/t17-/m1/s1. The second-order valence-corrected chi connectivity index (χ2v) is 8.91. The second-order valence-electron chi connectivity index (χ2n) is 6.55. The normalized spacial score (nSPS) is 12.6. The number of amides is 2. The Morgan fingerprint density at radius 2 is 2.07 bits per heavy atom. The van der Waals surface area contributed by atoms with Crippen LogP contribution in [0.15, 0.2) is 36.7 Å². The molecule has 0 saturated heterocycles. The number of imidazole rings is 1. The van der Waals surface area contributed by atoms with Crippen molar-refractivity contribution in [1.29, 1.82) is 0 Å². The minimum atomic E-state index is -3.22. The first-order chi connectivity index (χ1) is 13.8. The van der Waals surface area contributed by atoms with Crippen molar-refractivity contribution in [3.8, 4) is 5.75 Å². The molecular weight excluding hydrogens is 394 g/mol. The van der Waals surface area contributed by atoms with E-state index >= 15 is 0 Å². The molecule has 1 aromatic heterocycles. The molecule has 0 unspecified atom stereocenters. The van der Waals surface area contributed by atoms with Crippen LogP contribution < -0.4 is 15.4 Å². The number of sulfonamides is 1. The zero-order valence-electron chi connectivity index (χ0n) is 17.3. The smallest absolute Gasteiger partial charge is 0.315 e. The topological polar surface area (TPSA) is 106 Å². The molecule has 1 aromatic carbocycles. The van der Waals surface area contributed by atoms with Gasteiger partial charge in [0, 0.05) is 45.1 Å². The highest BCUT2D eigenvalue weighted by Crippen LogP contribution is 2.28. The van der Waals surface area contributed by atoms with Crippen molar-refractivity contribution in [2.24, 2.45) is 7.05 Å². The van der Waals surface area contributed by atoms with Crippen LogP contribution in [-0.2, 0) is 17.1 Å². The van der Waals surface area contributed by atoms with Crippen LogP contribution in [0.3, 0.4) is 0 Å². The minimum Gasteiger partial charge on any atom is -0.496 e. The van der Waals surface area contributed by atoms with Gasteiger partial charge in [0.2, 0.25) is 10.0 Å². The van der Waals surface area contributed by atoms with Gasteiger partial charge in [0.15, 0.2) is 0 Å². The molecule has 2 rings (SSSR count). The SMILES string of the molecule is CCS(=O)(=O)N(C)CCCNC(=O)N[C@H](c1ccccc1OC)c1nccn1C.